The zero-order valence-electron chi connectivity index (χ0n) is 5.83. The molecule has 0 bridgehead atoms. The van der Waals surface area contributed by atoms with Crippen LogP contribution in [0.4, 0.5) is 4.39 Å². The largest absolute Gasteiger partial charge is 0.448 e. The normalized spacial score (nSPS) is 33.0. The van der Waals surface area contributed by atoms with Crippen LogP contribution in [0.1, 0.15) is 13.8 Å². The molecule has 1 aliphatic heterocycles. The molecule has 2 nitrogen and oxygen atoms in total. The maximum atomic E-state index is 12.4. The first-order valence-electron chi connectivity index (χ1n) is 3.11. The van der Waals surface area contributed by atoms with Crippen molar-refractivity contribution in [2.45, 2.75) is 24.8 Å². The Morgan fingerprint density at radius 3 is 2.50 bits per heavy atom. The van der Waals surface area contributed by atoms with Gasteiger partial charge in [0.2, 0.25) is 5.50 Å². The number of carbonyl (C=O) groups excluding carboxylic acids is 1. The second kappa shape index (κ2) is 2.78. The van der Waals surface area contributed by atoms with Gasteiger partial charge in [-0.25, -0.2) is 9.18 Å². The van der Waals surface area contributed by atoms with E-state index in [1.54, 1.807) is 0 Å². The monoisotopic (exact) mass is 164 g/mol. The van der Waals surface area contributed by atoms with E-state index in [0.29, 0.717) is 0 Å². The van der Waals surface area contributed by atoms with Gasteiger partial charge >= 0.3 is 5.97 Å². The number of esters is 1. The Bertz CT molecular complexity index is 149. The van der Waals surface area contributed by atoms with E-state index < -0.39 is 11.5 Å². The summed E-state index contributed by atoms with van der Waals surface area (Å²) in [7, 11) is 0. The Kier molecular flexibility index (Phi) is 2.18. The van der Waals surface area contributed by atoms with Crippen LogP contribution < -0.4 is 0 Å². The summed E-state index contributed by atoms with van der Waals surface area (Å²) in [5.41, 5.74) is -1.75. The standard InChI is InChI=1S/C6H9FO2S/c1-3(2)6-9-5(8)4(7)10-6/h3-4,6H,1-2H3/t4-,6+/m1/s1. The lowest BCUT2D eigenvalue weighted by atomic mass is 10.2. The lowest BCUT2D eigenvalue weighted by molar-refractivity contribution is -0.146. The lowest BCUT2D eigenvalue weighted by Gasteiger charge is -2.09. The topological polar surface area (TPSA) is 26.3 Å². The van der Waals surface area contributed by atoms with Crippen LogP contribution in [-0.2, 0) is 9.53 Å². The Balaban J connectivity index is 2.49. The third kappa shape index (κ3) is 1.42. The summed E-state index contributed by atoms with van der Waals surface area (Å²) in [4.78, 5) is 10.5. The molecule has 10 heavy (non-hydrogen) atoms. The predicted octanol–water partition coefficient (Wildman–Crippen LogP) is 1.55. The maximum absolute atomic E-state index is 12.4. The van der Waals surface area contributed by atoms with Crippen LogP contribution in [0, 0.1) is 5.92 Å². The molecule has 1 saturated heterocycles. The quantitative estimate of drug-likeness (QED) is 0.550. The molecule has 0 aliphatic carbocycles. The first-order chi connectivity index (χ1) is 4.61. The van der Waals surface area contributed by atoms with Crippen LogP contribution in [0.25, 0.3) is 0 Å². The van der Waals surface area contributed by atoms with Gasteiger partial charge in [0.25, 0.3) is 0 Å². The van der Waals surface area contributed by atoms with Crippen molar-refractivity contribution >= 4 is 17.7 Å². The molecular formula is C6H9FO2S. The van der Waals surface area contributed by atoms with Gasteiger partial charge in [0, 0.05) is 5.92 Å². The van der Waals surface area contributed by atoms with Crippen LogP contribution >= 0.6 is 11.8 Å². The average Bonchev–Trinajstić information content (AvgIpc) is 2.13. The van der Waals surface area contributed by atoms with Crippen molar-refractivity contribution < 1.29 is 13.9 Å². The van der Waals surface area contributed by atoms with E-state index in [1.165, 1.54) is 0 Å². The number of thioether (sulfide) groups is 1. The van der Waals surface area contributed by atoms with Crippen LogP contribution in [0.15, 0.2) is 0 Å². The molecule has 1 heterocycles. The molecule has 1 aliphatic rings. The Hall–Kier alpha value is -0.250. The number of ether oxygens (including phenoxy) is 1. The third-order valence-electron chi connectivity index (χ3n) is 1.22. The predicted molar refractivity (Wildman–Crippen MR) is 37.2 cm³/mol. The molecule has 0 N–H and O–H groups in total. The number of hydrogen-bond donors (Lipinski definition) is 0. The van der Waals surface area contributed by atoms with Crippen LogP contribution in [0.5, 0.6) is 0 Å². The molecule has 0 aromatic carbocycles. The van der Waals surface area contributed by atoms with Crippen molar-refractivity contribution in [1.29, 1.82) is 0 Å². The third-order valence-corrected chi connectivity index (χ3v) is 2.56. The zero-order valence-corrected chi connectivity index (χ0v) is 6.65. The van der Waals surface area contributed by atoms with Gasteiger partial charge in [0.15, 0.2) is 5.44 Å². The molecule has 0 radical (unpaired) electrons. The number of hydrogen-bond acceptors (Lipinski definition) is 3. The van der Waals surface area contributed by atoms with E-state index in [0.717, 1.165) is 11.8 Å². The van der Waals surface area contributed by atoms with Crippen molar-refractivity contribution in [3.63, 3.8) is 0 Å². The minimum Gasteiger partial charge on any atom is -0.448 e. The Morgan fingerprint density at radius 1 is 1.70 bits per heavy atom. The van der Waals surface area contributed by atoms with E-state index in [9.17, 15) is 9.18 Å². The van der Waals surface area contributed by atoms with Crippen LogP contribution in [0.3, 0.4) is 0 Å². The number of carbonyl (C=O) groups is 1. The molecule has 0 saturated carbocycles. The summed E-state index contributed by atoms with van der Waals surface area (Å²) < 4.78 is 17.1. The minimum absolute atomic E-state index is 0.190. The van der Waals surface area contributed by atoms with Crippen LogP contribution in [-0.4, -0.2) is 16.9 Å². The van der Waals surface area contributed by atoms with E-state index in [-0.39, 0.29) is 11.4 Å². The number of rotatable bonds is 1. The van der Waals surface area contributed by atoms with Crippen LogP contribution in [0.2, 0.25) is 0 Å². The smallest absolute Gasteiger partial charge is 0.352 e. The molecule has 0 aromatic heterocycles. The molecule has 1 rings (SSSR count). The van der Waals surface area contributed by atoms with Gasteiger partial charge in [-0.2, -0.15) is 0 Å². The van der Waals surface area contributed by atoms with Gasteiger partial charge in [-0.05, 0) is 0 Å². The molecule has 4 heteroatoms. The molecular weight excluding hydrogens is 155 g/mol. The van der Waals surface area contributed by atoms with E-state index >= 15 is 0 Å². The summed E-state index contributed by atoms with van der Waals surface area (Å²) in [6, 6.07) is 0. The van der Waals surface area contributed by atoms with Gasteiger partial charge in [-0.1, -0.05) is 25.6 Å². The van der Waals surface area contributed by atoms with Crippen molar-refractivity contribution in [3.8, 4) is 0 Å². The number of alkyl halides is 1. The highest BCUT2D eigenvalue weighted by Crippen LogP contribution is 2.33. The van der Waals surface area contributed by atoms with Gasteiger partial charge < -0.3 is 4.74 Å². The molecule has 0 aromatic rings. The molecule has 0 amide bonds. The average molecular weight is 164 g/mol. The first kappa shape index (κ1) is 7.85. The first-order valence-corrected chi connectivity index (χ1v) is 4.05. The number of halogens is 1. The summed E-state index contributed by atoms with van der Waals surface area (Å²) >= 11 is 0.943. The Labute approximate surface area is 63.1 Å². The summed E-state index contributed by atoms with van der Waals surface area (Å²) in [6.07, 6.45) is 0. The van der Waals surface area contributed by atoms with Crippen molar-refractivity contribution in [1.82, 2.24) is 0 Å². The van der Waals surface area contributed by atoms with E-state index in [1.807, 2.05) is 13.8 Å². The molecule has 2 atom stereocenters. The highest BCUT2D eigenvalue weighted by Gasteiger charge is 2.36. The summed E-state index contributed by atoms with van der Waals surface area (Å²) in [5, 5.41) is 0. The SMILES string of the molecule is CC(C)[C@H]1OC(=O)[C@H](F)S1. The maximum Gasteiger partial charge on any atom is 0.352 e. The highest BCUT2D eigenvalue weighted by molar-refractivity contribution is 8.01. The number of cyclic esters (lactones) is 1. The van der Waals surface area contributed by atoms with Crippen molar-refractivity contribution in [2.75, 3.05) is 0 Å². The lowest BCUT2D eigenvalue weighted by Crippen LogP contribution is -2.11. The fourth-order valence-corrected chi connectivity index (χ4v) is 1.53. The zero-order chi connectivity index (χ0) is 7.72. The second-order valence-corrected chi connectivity index (χ2v) is 3.65. The summed E-state index contributed by atoms with van der Waals surface area (Å²) in [5.74, 6) is -0.543. The highest BCUT2D eigenvalue weighted by atomic mass is 32.2. The van der Waals surface area contributed by atoms with Gasteiger partial charge in [-0.15, -0.1) is 0 Å². The molecule has 58 valence electrons. The van der Waals surface area contributed by atoms with Gasteiger partial charge in [-0.3, -0.25) is 0 Å². The fourth-order valence-electron chi connectivity index (χ4n) is 0.662. The van der Waals surface area contributed by atoms with Gasteiger partial charge in [0.1, 0.15) is 0 Å². The fraction of sp³-hybridized carbons (Fsp3) is 0.833. The minimum atomic E-state index is -1.47. The van der Waals surface area contributed by atoms with Gasteiger partial charge in [0.05, 0.1) is 0 Å². The Morgan fingerprint density at radius 2 is 2.30 bits per heavy atom. The van der Waals surface area contributed by atoms with Crippen molar-refractivity contribution in [3.05, 3.63) is 0 Å². The molecule has 0 spiro atoms. The second-order valence-electron chi connectivity index (χ2n) is 2.50. The van der Waals surface area contributed by atoms with E-state index in [2.05, 4.69) is 4.74 Å². The molecule has 0 unspecified atom stereocenters. The molecule has 1 fully saturated rings. The summed E-state index contributed by atoms with van der Waals surface area (Å²) in [6.45, 7) is 3.78. The van der Waals surface area contributed by atoms with E-state index in [4.69, 9.17) is 0 Å². The van der Waals surface area contributed by atoms with Crippen molar-refractivity contribution in [2.24, 2.45) is 5.92 Å².